The molecule has 136 valence electrons. The van der Waals surface area contributed by atoms with Crippen LogP contribution in [0, 0.1) is 0 Å². The Morgan fingerprint density at radius 2 is 0.333 bits per heavy atom. The second-order valence-corrected chi connectivity index (χ2v) is 5.37. The van der Waals surface area contributed by atoms with E-state index in [0.29, 0.717) is 0 Å². The third-order valence-corrected chi connectivity index (χ3v) is 0. The summed E-state index contributed by atoms with van der Waals surface area (Å²) in [6, 6.07) is 0. The first-order valence-electron chi connectivity index (χ1n) is 2.79. The fourth-order valence-corrected chi connectivity index (χ4v) is 0. The Kier molecular flexibility index (Phi) is 18.6. The summed E-state index contributed by atoms with van der Waals surface area (Å²) >= 11 is 0. The van der Waals surface area contributed by atoms with Crippen molar-refractivity contribution in [2.24, 2.45) is 0 Å². The molecule has 0 aliphatic rings. The Bertz CT molecular complexity index is 468. The molecule has 21 heavy (non-hydrogen) atoms. The van der Waals surface area contributed by atoms with Crippen molar-refractivity contribution in [2.75, 3.05) is 0 Å². The zero-order chi connectivity index (χ0) is 18.0. The molecule has 0 saturated heterocycles. The third kappa shape index (κ3) is 18900. The minimum absolute atomic E-state index is 0. The first-order valence-corrected chi connectivity index (χ1v) is 8.38. The highest BCUT2D eigenvalue weighted by Crippen LogP contribution is 1.60. The van der Waals surface area contributed by atoms with Gasteiger partial charge >= 0.3 is 41.6 Å². The summed E-state index contributed by atoms with van der Waals surface area (Å²) in [4.78, 5) is 0. The molecule has 0 radical (unpaired) electrons. The van der Waals surface area contributed by atoms with Crippen molar-refractivity contribution >= 4 is 41.6 Å². The van der Waals surface area contributed by atoms with Crippen LogP contribution in [0.1, 0.15) is 0 Å². The molecular formula is H10O17S4. The predicted molar refractivity (Wildman–Crippen MR) is 60.3 cm³/mol. The van der Waals surface area contributed by atoms with E-state index in [9.17, 15) is 0 Å². The van der Waals surface area contributed by atoms with Crippen LogP contribution in [0.25, 0.3) is 0 Å². The molecule has 21 heteroatoms. The van der Waals surface area contributed by atoms with Crippen molar-refractivity contribution in [3.8, 4) is 0 Å². The summed E-state index contributed by atoms with van der Waals surface area (Å²) in [5.41, 5.74) is 0. The monoisotopic (exact) mass is 410 g/mol. The summed E-state index contributed by atoms with van der Waals surface area (Å²) in [5.74, 6) is 0. The molecule has 0 spiro atoms. The van der Waals surface area contributed by atoms with Crippen LogP contribution in [-0.2, 0) is 41.6 Å². The Hall–Kier alpha value is -0.560. The maximum atomic E-state index is 8.74. The van der Waals surface area contributed by atoms with Gasteiger partial charge in [0.1, 0.15) is 0 Å². The Labute approximate surface area is 117 Å². The first-order chi connectivity index (χ1) is 8.00. The largest absolute Gasteiger partial charge is 0.412 e. The minimum Gasteiger partial charge on any atom is -0.412 e. The highest BCUT2D eigenvalue weighted by Gasteiger charge is 1.86. The van der Waals surface area contributed by atoms with Crippen LogP contribution < -0.4 is 0 Å². The van der Waals surface area contributed by atoms with E-state index in [4.69, 9.17) is 70.1 Å². The second-order valence-electron chi connectivity index (χ2n) is 1.79. The van der Waals surface area contributed by atoms with Gasteiger partial charge in [-0.05, 0) is 0 Å². The first kappa shape index (κ1) is 32.4. The average Bonchev–Trinajstić information content (AvgIpc) is 1.62. The van der Waals surface area contributed by atoms with E-state index in [-0.39, 0.29) is 5.48 Å². The molecule has 0 aliphatic carbocycles. The quantitative estimate of drug-likeness (QED) is 0.180. The maximum absolute atomic E-state index is 8.74. The van der Waals surface area contributed by atoms with E-state index in [2.05, 4.69) is 0 Å². The molecule has 17 nitrogen and oxygen atoms in total. The van der Waals surface area contributed by atoms with Crippen molar-refractivity contribution in [1.29, 1.82) is 0 Å². The van der Waals surface area contributed by atoms with E-state index in [1.165, 1.54) is 0 Å². The Morgan fingerprint density at radius 1 is 0.333 bits per heavy atom. The molecule has 0 aromatic rings. The van der Waals surface area contributed by atoms with Crippen LogP contribution in [-0.4, -0.2) is 75.6 Å². The van der Waals surface area contributed by atoms with Gasteiger partial charge in [0.2, 0.25) is 0 Å². The molecular weight excluding hydrogens is 400 g/mol. The fraction of sp³-hybridized carbons (Fsp3) is 0. The standard InChI is InChI=1S/4H2O4S.H2O/c4*1-5(2,3)4;/h4*(H2,1,2,3,4);1H2. The number of hydrogen-bond acceptors (Lipinski definition) is 8. The van der Waals surface area contributed by atoms with Crippen molar-refractivity contribution in [2.45, 2.75) is 0 Å². The van der Waals surface area contributed by atoms with Gasteiger partial charge in [0.25, 0.3) is 0 Å². The van der Waals surface area contributed by atoms with Crippen molar-refractivity contribution in [3.05, 3.63) is 0 Å². The zero-order valence-corrected chi connectivity index (χ0v) is 12.2. The van der Waals surface area contributed by atoms with E-state index in [1.54, 1.807) is 0 Å². The van der Waals surface area contributed by atoms with Gasteiger partial charge in [-0.2, -0.15) is 33.7 Å². The van der Waals surface area contributed by atoms with Gasteiger partial charge in [-0.15, -0.1) is 0 Å². The molecule has 0 rings (SSSR count). The van der Waals surface area contributed by atoms with Crippen LogP contribution in [0.2, 0.25) is 0 Å². The van der Waals surface area contributed by atoms with Gasteiger partial charge < -0.3 is 5.48 Å². The molecule has 0 bridgehead atoms. The van der Waals surface area contributed by atoms with E-state index >= 15 is 0 Å². The molecule has 0 heterocycles. The Morgan fingerprint density at radius 3 is 0.333 bits per heavy atom. The lowest BCUT2D eigenvalue weighted by Gasteiger charge is -1.68. The summed E-state index contributed by atoms with van der Waals surface area (Å²) in [5, 5.41) is 0. The highest BCUT2D eigenvalue weighted by atomic mass is 32.3. The normalized spacial score (nSPS) is 11.0. The minimum atomic E-state index is -4.67. The van der Waals surface area contributed by atoms with Gasteiger partial charge in [0.05, 0.1) is 0 Å². The fourth-order valence-electron chi connectivity index (χ4n) is 0. The molecule has 10 N–H and O–H groups in total. The second kappa shape index (κ2) is 12.0. The molecule has 0 amide bonds. The molecule has 0 fully saturated rings. The Balaban J connectivity index is -0.0000000533. The van der Waals surface area contributed by atoms with Crippen LogP contribution in [0.4, 0.5) is 0 Å². The summed E-state index contributed by atoms with van der Waals surface area (Å²) in [7, 11) is -18.7. The summed E-state index contributed by atoms with van der Waals surface area (Å²) in [6.45, 7) is 0. The average molecular weight is 410 g/mol. The molecule has 0 atom stereocenters. The third-order valence-electron chi connectivity index (χ3n) is 0. The van der Waals surface area contributed by atoms with Gasteiger partial charge in [-0.1, -0.05) is 0 Å². The van der Waals surface area contributed by atoms with Gasteiger partial charge in [-0.3, -0.25) is 36.4 Å². The maximum Gasteiger partial charge on any atom is 0.394 e. The van der Waals surface area contributed by atoms with E-state index in [0.717, 1.165) is 0 Å². The predicted octanol–water partition coefficient (Wildman–Crippen LogP) is -3.44. The van der Waals surface area contributed by atoms with Gasteiger partial charge in [-0.25, -0.2) is 0 Å². The van der Waals surface area contributed by atoms with Crippen LogP contribution in [0.5, 0.6) is 0 Å². The van der Waals surface area contributed by atoms with Crippen LogP contribution >= 0.6 is 0 Å². The van der Waals surface area contributed by atoms with Crippen LogP contribution in [0.3, 0.4) is 0 Å². The van der Waals surface area contributed by atoms with E-state index in [1.807, 2.05) is 0 Å². The SMILES string of the molecule is O.O=S(=O)(O)O.O=S(=O)(O)O.O=S(=O)(O)O.O=S(=O)(O)O. The van der Waals surface area contributed by atoms with Crippen LogP contribution in [0.15, 0.2) is 0 Å². The molecule has 0 unspecified atom stereocenters. The van der Waals surface area contributed by atoms with Crippen molar-refractivity contribution in [3.63, 3.8) is 0 Å². The molecule has 0 aliphatic heterocycles. The smallest absolute Gasteiger partial charge is 0.394 e. The lowest BCUT2D eigenvalue weighted by atomic mass is 15.8. The van der Waals surface area contributed by atoms with Crippen molar-refractivity contribution < 1.29 is 75.6 Å². The van der Waals surface area contributed by atoms with Gasteiger partial charge in [0, 0.05) is 0 Å². The topological polar surface area (TPSA) is 330 Å². The molecule has 0 aromatic carbocycles. The highest BCUT2D eigenvalue weighted by molar-refractivity contribution is 7.80. The summed E-state index contributed by atoms with van der Waals surface area (Å²) < 4.78 is 126. The van der Waals surface area contributed by atoms with Crippen molar-refractivity contribution in [1.82, 2.24) is 0 Å². The zero-order valence-electron chi connectivity index (χ0n) is 8.98. The van der Waals surface area contributed by atoms with Gasteiger partial charge in [0.15, 0.2) is 0 Å². The summed E-state index contributed by atoms with van der Waals surface area (Å²) in [6.07, 6.45) is 0. The number of hydrogen-bond donors (Lipinski definition) is 8. The lowest BCUT2D eigenvalue weighted by molar-refractivity contribution is 0.378. The molecule has 0 saturated carbocycles. The lowest BCUT2D eigenvalue weighted by Crippen LogP contribution is -1.89. The number of rotatable bonds is 0. The van der Waals surface area contributed by atoms with E-state index < -0.39 is 41.6 Å². The molecule has 0 aromatic heterocycles.